The summed E-state index contributed by atoms with van der Waals surface area (Å²) in [6, 6.07) is 11.7. The predicted octanol–water partition coefficient (Wildman–Crippen LogP) is 4.54. The van der Waals surface area contributed by atoms with Crippen molar-refractivity contribution in [3.63, 3.8) is 0 Å². The van der Waals surface area contributed by atoms with Gasteiger partial charge in [0.2, 0.25) is 5.91 Å². The number of amides is 1. The van der Waals surface area contributed by atoms with Crippen LogP contribution in [-0.2, 0) is 16.1 Å². The van der Waals surface area contributed by atoms with E-state index in [1.54, 1.807) is 29.9 Å². The van der Waals surface area contributed by atoms with Gasteiger partial charge >= 0.3 is 6.61 Å². The van der Waals surface area contributed by atoms with Crippen LogP contribution in [0.5, 0.6) is 11.5 Å². The first-order chi connectivity index (χ1) is 16.4. The molecule has 0 aliphatic carbocycles. The molecule has 34 heavy (non-hydrogen) atoms. The van der Waals surface area contributed by atoms with Gasteiger partial charge in [0.25, 0.3) is 0 Å². The van der Waals surface area contributed by atoms with E-state index in [1.165, 1.54) is 30.3 Å². The van der Waals surface area contributed by atoms with E-state index in [4.69, 9.17) is 9.47 Å². The van der Waals surface area contributed by atoms with Gasteiger partial charge in [-0.05, 0) is 31.2 Å². The van der Waals surface area contributed by atoms with Crippen molar-refractivity contribution in [3.05, 3.63) is 60.2 Å². The van der Waals surface area contributed by atoms with Crippen LogP contribution in [-0.4, -0.2) is 46.8 Å². The fourth-order valence-corrected chi connectivity index (χ4v) is 3.91. The van der Waals surface area contributed by atoms with Gasteiger partial charge in [0.05, 0.1) is 24.1 Å². The van der Waals surface area contributed by atoms with E-state index in [1.807, 2.05) is 6.92 Å². The molecule has 1 aromatic heterocycles. The number of hydrogen-bond donors (Lipinski definition) is 1. The highest BCUT2D eigenvalue weighted by Crippen LogP contribution is 2.27. The number of methoxy groups -OCH3 is 1. The zero-order valence-electron chi connectivity index (χ0n) is 18.4. The normalized spacial score (nSPS) is 11.9. The SMILES string of the molecule is COC[C@@H](C)n1c(COc2ccccc2F)nnc1SCC(=O)Nc1ccccc1OC(F)F. The van der Waals surface area contributed by atoms with Gasteiger partial charge in [0, 0.05) is 7.11 Å². The Morgan fingerprint density at radius 1 is 1.12 bits per heavy atom. The van der Waals surface area contributed by atoms with E-state index in [2.05, 4.69) is 20.3 Å². The fourth-order valence-electron chi connectivity index (χ4n) is 3.05. The molecule has 0 saturated carbocycles. The Balaban J connectivity index is 1.69. The van der Waals surface area contributed by atoms with Crippen LogP contribution in [0.3, 0.4) is 0 Å². The van der Waals surface area contributed by atoms with Crippen LogP contribution in [0.4, 0.5) is 18.9 Å². The minimum absolute atomic E-state index is 0.0485. The largest absolute Gasteiger partial charge is 0.483 e. The van der Waals surface area contributed by atoms with Crippen molar-refractivity contribution < 1.29 is 32.2 Å². The molecule has 0 spiro atoms. The van der Waals surface area contributed by atoms with E-state index >= 15 is 0 Å². The summed E-state index contributed by atoms with van der Waals surface area (Å²) < 4.78 is 56.0. The first kappa shape index (κ1) is 25.4. The summed E-state index contributed by atoms with van der Waals surface area (Å²) in [5, 5.41) is 11.2. The number of benzene rings is 2. The van der Waals surface area contributed by atoms with Crippen molar-refractivity contribution >= 4 is 23.4 Å². The smallest absolute Gasteiger partial charge is 0.387 e. The molecule has 182 valence electrons. The lowest BCUT2D eigenvalue weighted by Crippen LogP contribution is -2.18. The lowest BCUT2D eigenvalue weighted by atomic mass is 10.3. The Kier molecular flexibility index (Phi) is 9.16. The van der Waals surface area contributed by atoms with E-state index in [0.717, 1.165) is 11.8 Å². The number of halogens is 3. The number of ether oxygens (including phenoxy) is 3. The first-order valence-corrected chi connectivity index (χ1v) is 11.1. The number of para-hydroxylation sites is 3. The van der Waals surface area contributed by atoms with Gasteiger partial charge in [-0.25, -0.2) is 4.39 Å². The van der Waals surface area contributed by atoms with Crippen molar-refractivity contribution in [2.75, 3.05) is 24.8 Å². The van der Waals surface area contributed by atoms with Crippen LogP contribution in [0.1, 0.15) is 18.8 Å². The monoisotopic (exact) mass is 496 g/mol. The van der Waals surface area contributed by atoms with Gasteiger partial charge in [0.15, 0.2) is 22.5 Å². The average molecular weight is 497 g/mol. The molecule has 1 heterocycles. The van der Waals surface area contributed by atoms with E-state index in [-0.39, 0.29) is 35.6 Å². The van der Waals surface area contributed by atoms with Crippen molar-refractivity contribution in [1.29, 1.82) is 0 Å². The minimum Gasteiger partial charge on any atom is -0.483 e. The number of anilines is 1. The Hall–Kier alpha value is -3.25. The molecule has 8 nitrogen and oxygen atoms in total. The maximum atomic E-state index is 13.9. The molecule has 0 saturated heterocycles. The van der Waals surface area contributed by atoms with Crippen LogP contribution >= 0.6 is 11.8 Å². The zero-order valence-corrected chi connectivity index (χ0v) is 19.2. The molecular formula is C22H23F3N4O4S. The highest BCUT2D eigenvalue weighted by molar-refractivity contribution is 7.99. The molecule has 1 atom stereocenters. The molecule has 12 heteroatoms. The highest BCUT2D eigenvalue weighted by Gasteiger charge is 2.20. The molecule has 0 aliphatic rings. The third-order valence-corrected chi connectivity index (χ3v) is 5.43. The number of nitrogens with zero attached hydrogens (tertiary/aromatic N) is 3. The van der Waals surface area contributed by atoms with Crippen LogP contribution in [0.2, 0.25) is 0 Å². The second-order valence-corrected chi connectivity index (χ2v) is 7.95. The van der Waals surface area contributed by atoms with Crippen LogP contribution in [0.25, 0.3) is 0 Å². The number of thioether (sulfide) groups is 1. The van der Waals surface area contributed by atoms with Crippen LogP contribution < -0.4 is 14.8 Å². The first-order valence-electron chi connectivity index (χ1n) is 10.2. The topological polar surface area (TPSA) is 87.5 Å². The molecule has 3 aromatic rings. The molecule has 1 N–H and O–H groups in total. The van der Waals surface area contributed by atoms with E-state index in [0.29, 0.717) is 17.6 Å². The Labute approximate surface area is 198 Å². The van der Waals surface area contributed by atoms with Gasteiger partial charge in [-0.3, -0.25) is 9.36 Å². The molecule has 1 amide bonds. The second kappa shape index (κ2) is 12.3. The number of hydrogen-bond acceptors (Lipinski definition) is 7. The van der Waals surface area contributed by atoms with Gasteiger partial charge in [0.1, 0.15) is 12.4 Å². The molecule has 0 bridgehead atoms. The highest BCUT2D eigenvalue weighted by atomic mass is 32.2. The average Bonchev–Trinajstić information content (AvgIpc) is 3.21. The fraction of sp³-hybridized carbons (Fsp3) is 0.318. The van der Waals surface area contributed by atoms with Crippen molar-refractivity contribution in [2.24, 2.45) is 0 Å². The summed E-state index contributed by atoms with van der Waals surface area (Å²) in [7, 11) is 1.55. The Bertz CT molecular complexity index is 1100. The molecule has 0 fully saturated rings. The third kappa shape index (κ3) is 6.87. The van der Waals surface area contributed by atoms with Crippen molar-refractivity contribution in [1.82, 2.24) is 14.8 Å². The minimum atomic E-state index is -3.02. The standard InChI is InChI=1S/C22H23F3N4O4S/c1-14(11-31-2)29-19(12-32-17-9-5-3-7-15(17)23)27-28-22(29)34-13-20(30)26-16-8-4-6-10-18(16)33-21(24)25/h3-10,14,21H,11-13H2,1-2H3,(H,26,30)/t14-/m1/s1. The van der Waals surface area contributed by atoms with Gasteiger partial charge < -0.3 is 19.5 Å². The lowest BCUT2D eigenvalue weighted by Gasteiger charge is -2.17. The number of rotatable bonds is 12. The Morgan fingerprint density at radius 2 is 1.82 bits per heavy atom. The van der Waals surface area contributed by atoms with Gasteiger partial charge in [-0.2, -0.15) is 8.78 Å². The van der Waals surface area contributed by atoms with Gasteiger partial charge in [-0.1, -0.05) is 36.0 Å². The maximum Gasteiger partial charge on any atom is 0.387 e. The predicted molar refractivity (Wildman–Crippen MR) is 120 cm³/mol. The van der Waals surface area contributed by atoms with Crippen molar-refractivity contribution in [3.8, 4) is 11.5 Å². The quantitative estimate of drug-likeness (QED) is 0.369. The summed E-state index contributed by atoms with van der Waals surface area (Å²) in [4.78, 5) is 12.5. The number of carbonyl (C=O) groups is 1. The summed E-state index contributed by atoms with van der Waals surface area (Å²) in [5.74, 6) is -0.662. The molecule has 2 aromatic carbocycles. The second-order valence-electron chi connectivity index (χ2n) is 7.00. The summed E-state index contributed by atoms with van der Waals surface area (Å²) in [5.41, 5.74) is 0.126. The van der Waals surface area contributed by atoms with Gasteiger partial charge in [-0.15, -0.1) is 10.2 Å². The Morgan fingerprint density at radius 3 is 2.53 bits per heavy atom. The zero-order chi connectivity index (χ0) is 24.5. The third-order valence-electron chi connectivity index (χ3n) is 4.49. The molecule has 0 unspecified atom stereocenters. The number of alkyl halides is 2. The summed E-state index contributed by atoms with van der Waals surface area (Å²) in [6.07, 6.45) is 0. The van der Waals surface area contributed by atoms with E-state index in [9.17, 15) is 18.0 Å². The molecule has 0 radical (unpaired) electrons. The van der Waals surface area contributed by atoms with Crippen molar-refractivity contribution in [2.45, 2.75) is 31.3 Å². The number of aromatic nitrogens is 3. The number of nitrogens with one attached hydrogen (secondary N) is 1. The van der Waals surface area contributed by atoms with E-state index < -0.39 is 18.3 Å². The summed E-state index contributed by atoms with van der Waals surface area (Å²) in [6.45, 7) is -0.851. The van der Waals surface area contributed by atoms with Crippen LogP contribution in [0, 0.1) is 5.82 Å². The number of carbonyl (C=O) groups excluding carboxylic acids is 1. The molecule has 3 rings (SSSR count). The molecule has 0 aliphatic heterocycles. The lowest BCUT2D eigenvalue weighted by molar-refractivity contribution is -0.113. The van der Waals surface area contributed by atoms with Crippen LogP contribution in [0.15, 0.2) is 53.7 Å². The maximum absolute atomic E-state index is 13.9. The molecular weight excluding hydrogens is 473 g/mol. The summed E-state index contributed by atoms with van der Waals surface area (Å²) >= 11 is 1.10.